The Morgan fingerprint density at radius 3 is 2.57 bits per heavy atom. The van der Waals surface area contributed by atoms with Crippen molar-refractivity contribution in [1.29, 1.82) is 0 Å². The number of halogens is 1. The highest BCUT2D eigenvalue weighted by Crippen LogP contribution is 1.82. The summed E-state index contributed by atoms with van der Waals surface area (Å²) in [5, 5.41) is 0. The molecule has 0 saturated carbocycles. The Labute approximate surface area is 39.2 Å². The van der Waals surface area contributed by atoms with Crippen molar-refractivity contribution in [3.05, 3.63) is 12.8 Å². The molecule has 0 aromatic heterocycles. The van der Waals surface area contributed by atoms with Gasteiger partial charge in [-0.1, -0.05) is 6.58 Å². The van der Waals surface area contributed by atoms with Crippen molar-refractivity contribution in [1.82, 2.24) is 0 Å². The molecule has 4 heteroatoms. The van der Waals surface area contributed by atoms with Gasteiger partial charge < -0.3 is 4.74 Å². The summed E-state index contributed by atoms with van der Waals surface area (Å²) in [4.78, 5) is 12.1. The van der Waals surface area contributed by atoms with Gasteiger partial charge in [-0.05, 0) is 0 Å². The fraction of sp³-hybridized carbons (Fsp3) is 0. The van der Waals surface area contributed by atoms with E-state index in [0.717, 1.165) is 6.26 Å². The molecule has 3 nitrogen and oxygen atoms in total. The van der Waals surface area contributed by atoms with Crippen LogP contribution in [0.15, 0.2) is 12.8 Å². The van der Waals surface area contributed by atoms with Gasteiger partial charge >= 0.3 is 6.16 Å². The molecule has 0 N–H and O–H groups in total. The van der Waals surface area contributed by atoms with E-state index in [2.05, 4.69) is 16.3 Å². The molecule has 0 aliphatic carbocycles. The summed E-state index contributed by atoms with van der Waals surface area (Å²) in [7, 11) is 0. The Morgan fingerprint density at radius 2 is 2.43 bits per heavy atom. The minimum absolute atomic E-state index is 0.766. The van der Waals surface area contributed by atoms with Crippen LogP contribution in [0.1, 0.15) is 0 Å². The van der Waals surface area contributed by atoms with E-state index in [0.29, 0.717) is 0 Å². The molecule has 0 rings (SSSR count). The Bertz CT molecular complexity index is 80.2. The fourth-order valence-electron chi connectivity index (χ4n) is 0.0862. The van der Waals surface area contributed by atoms with Crippen molar-refractivity contribution in [2.24, 2.45) is 0 Å². The van der Waals surface area contributed by atoms with E-state index in [9.17, 15) is 9.32 Å². The first-order valence-corrected chi connectivity index (χ1v) is 1.41. The highest BCUT2D eigenvalue weighted by atomic mass is 19.3. The zero-order chi connectivity index (χ0) is 5.70. The Kier molecular flexibility index (Phi) is 2.67. The quantitative estimate of drug-likeness (QED) is 0.371. The monoisotopic (exact) mass is 106 g/mol. The molecule has 7 heavy (non-hydrogen) atoms. The number of carbonyl (C=O) groups is 1. The largest absolute Gasteiger partial charge is 0.549 e. The topological polar surface area (TPSA) is 35.5 Å². The molecule has 0 atom stereocenters. The van der Waals surface area contributed by atoms with Gasteiger partial charge in [0.2, 0.25) is 0 Å². The van der Waals surface area contributed by atoms with Gasteiger partial charge in [0.25, 0.3) is 0 Å². The lowest BCUT2D eigenvalue weighted by Gasteiger charge is -1.85. The van der Waals surface area contributed by atoms with Gasteiger partial charge in [-0.3, -0.25) is 0 Å². The van der Waals surface area contributed by atoms with Crippen LogP contribution in [0, 0.1) is 0 Å². The van der Waals surface area contributed by atoms with Crippen LogP contribution >= 0.6 is 0 Å². The lowest BCUT2D eigenvalue weighted by atomic mass is 11.1. The van der Waals surface area contributed by atoms with E-state index < -0.39 is 6.16 Å². The summed E-state index contributed by atoms with van der Waals surface area (Å²) in [5.74, 6) is 0. The van der Waals surface area contributed by atoms with Crippen LogP contribution in [0.4, 0.5) is 9.32 Å². The van der Waals surface area contributed by atoms with Crippen molar-refractivity contribution in [3.8, 4) is 0 Å². The van der Waals surface area contributed by atoms with Crippen LogP contribution in [-0.4, -0.2) is 6.16 Å². The zero-order valence-electron chi connectivity index (χ0n) is 3.39. The second-order valence-electron chi connectivity index (χ2n) is 0.612. The number of ether oxygens (including phenoxy) is 1. The molecular formula is C3H3FO3. The number of hydrogen-bond donors (Lipinski definition) is 0. The maximum atomic E-state index is 10.6. The average molecular weight is 106 g/mol. The van der Waals surface area contributed by atoms with E-state index in [1.54, 1.807) is 0 Å². The van der Waals surface area contributed by atoms with Gasteiger partial charge in [-0.15, -0.1) is 0 Å². The zero-order valence-corrected chi connectivity index (χ0v) is 3.39. The standard InChI is InChI=1S/C3H3FO3/c1-2-6-3(5)7-4/h2H,1H2. The third-order valence-corrected chi connectivity index (χ3v) is 0.243. The van der Waals surface area contributed by atoms with Crippen molar-refractivity contribution in [3.63, 3.8) is 0 Å². The molecule has 0 fully saturated rings. The smallest absolute Gasteiger partial charge is 0.401 e. The van der Waals surface area contributed by atoms with Gasteiger partial charge in [0, 0.05) is 4.53 Å². The second kappa shape index (κ2) is 3.14. The van der Waals surface area contributed by atoms with Gasteiger partial charge in [0.05, 0.1) is 6.26 Å². The van der Waals surface area contributed by atoms with Crippen molar-refractivity contribution < 1.29 is 19.0 Å². The number of rotatable bonds is 1. The van der Waals surface area contributed by atoms with E-state index in [-0.39, 0.29) is 0 Å². The lowest BCUT2D eigenvalue weighted by molar-refractivity contribution is -0.0902. The summed E-state index contributed by atoms with van der Waals surface area (Å²) in [5.41, 5.74) is 0. The Balaban J connectivity index is 3.17. The molecule has 0 aliphatic heterocycles. The first-order chi connectivity index (χ1) is 3.31. The molecule has 0 spiro atoms. The SMILES string of the molecule is C=COC(=O)OF. The average Bonchev–Trinajstić information content (AvgIpc) is 1.68. The summed E-state index contributed by atoms with van der Waals surface area (Å²) in [6.45, 7) is 2.96. The second-order valence-corrected chi connectivity index (χ2v) is 0.612. The summed E-state index contributed by atoms with van der Waals surface area (Å²) in [6.07, 6.45) is -0.642. The minimum atomic E-state index is -1.41. The highest BCUT2D eigenvalue weighted by molar-refractivity contribution is 5.59. The van der Waals surface area contributed by atoms with Gasteiger partial charge in [-0.25, -0.2) is 9.74 Å². The van der Waals surface area contributed by atoms with Gasteiger partial charge in [0.15, 0.2) is 0 Å². The molecule has 0 bridgehead atoms. The van der Waals surface area contributed by atoms with E-state index in [1.807, 2.05) is 0 Å². The summed E-state index contributed by atoms with van der Waals surface area (Å²) in [6, 6.07) is 0. The molecule has 0 heterocycles. The fourth-order valence-corrected chi connectivity index (χ4v) is 0.0862. The van der Waals surface area contributed by atoms with E-state index in [4.69, 9.17) is 0 Å². The molecule has 40 valence electrons. The van der Waals surface area contributed by atoms with Gasteiger partial charge in [0.1, 0.15) is 0 Å². The first kappa shape index (κ1) is 5.94. The predicted octanol–water partition coefficient (Wildman–Crippen LogP) is 1.17. The third kappa shape index (κ3) is 2.75. The lowest BCUT2D eigenvalue weighted by Crippen LogP contribution is -1.93. The molecule has 0 aliphatic rings. The normalized spacial score (nSPS) is 7.00. The first-order valence-electron chi connectivity index (χ1n) is 1.41. The number of carbonyl (C=O) groups excluding carboxylic acids is 1. The molecule has 0 aromatic rings. The van der Waals surface area contributed by atoms with Crippen LogP contribution < -0.4 is 0 Å². The van der Waals surface area contributed by atoms with Crippen molar-refractivity contribution in [2.75, 3.05) is 0 Å². The van der Waals surface area contributed by atoms with Gasteiger partial charge in [-0.2, -0.15) is 0 Å². The molecule has 0 amide bonds. The van der Waals surface area contributed by atoms with Crippen LogP contribution in [0.5, 0.6) is 0 Å². The predicted molar refractivity (Wildman–Crippen MR) is 18.9 cm³/mol. The van der Waals surface area contributed by atoms with Crippen LogP contribution in [0.25, 0.3) is 0 Å². The molecule has 0 saturated heterocycles. The third-order valence-electron chi connectivity index (χ3n) is 0.243. The van der Waals surface area contributed by atoms with Crippen LogP contribution in [0.3, 0.4) is 0 Å². The highest BCUT2D eigenvalue weighted by Gasteiger charge is 1.96. The summed E-state index contributed by atoms with van der Waals surface area (Å²) >= 11 is 0. The van der Waals surface area contributed by atoms with E-state index in [1.165, 1.54) is 0 Å². The van der Waals surface area contributed by atoms with Crippen molar-refractivity contribution in [2.45, 2.75) is 0 Å². The molecule has 0 aromatic carbocycles. The van der Waals surface area contributed by atoms with E-state index >= 15 is 0 Å². The minimum Gasteiger partial charge on any atom is -0.401 e. The maximum Gasteiger partial charge on any atom is 0.549 e. The van der Waals surface area contributed by atoms with Crippen LogP contribution in [0.2, 0.25) is 0 Å². The maximum absolute atomic E-state index is 10.6. The van der Waals surface area contributed by atoms with Crippen LogP contribution in [-0.2, 0) is 9.68 Å². The Hall–Kier alpha value is -1.06. The number of hydrogen-bond acceptors (Lipinski definition) is 3. The summed E-state index contributed by atoms with van der Waals surface area (Å²) < 4.78 is 14.3. The van der Waals surface area contributed by atoms with Crippen molar-refractivity contribution >= 4 is 6.16 Å². The molecule has 0 radical (unpaired) electrons. The Morgan fingerprint density at radius 1 is 1.86 bits per heavy atom. The molecular weight excluding hydrogens is 103 g/mol. The molecule has 0 unspecified atom stereocenters.